The fourth-order valence-electron chi connectivity index (χ4n) is 4.49. The first-order valence-electron chi connectivity index (χ1n) is 9.79. The van der Waals surface area contributed by atoms with E-state index in [1.807, 2.05) is 11.0 Å². The molecule has 0 amide bonds. The minimum absolute atomic E-state index is 0.143. The standard InChI is InChI=1S/C22H19ClFN3O3/c23-13-1-3-15-17(11-25-18(15)9-13)21(22(28)29)27-7-5-12(6-8-27)20-16-4-2-14(24)10-19(16)30-26-20/h1-4,9-12,21,25H,5-8H2,(H,28,29)/t21-/m0/s1. The number of H-pyrrole nitrogens is 1. The molecule has 30 heavy (non-hydrogen) atoms. The van der Waals surface area contributed by atoms with Gasteiger partial charge >= 0.3 is 5.97 Å². The van der Waals surface area contributed by atoms with Gasteiger partial charge in [-0.2, -0.15) is 0 Å². The number of aliphatic carboxylic acids is 1. The second-order valence-corrected chi connectivity index (χ2v) is 8.13. The topological polar surface area (TPSA) is 82.4 Å². The maximum Gasteiger partial charge on any atom is 0.325 e. The van der Waals surface area contributed by atoms with Gasteiger partial charge in [0, 0.05) is 45.1 Å². The molecule has 1 aliphatic rings. The Hall–Kier alpha value is -2.90. The van der Waals surface area contributed by atoms with Crippen molar-refractivity contribution in [2.24, 2.45) is 0 Å². The summed E-state index contributed by atoms with van der Waals surface area (Å²) in [6.45, 7) is 1.22. The number of hydrogen-bond donors (Lipinski definition) is 2. The van der Waals surface area contributed by atoms with Crippen LogP contribution in [-0.2, 0) is 4.79 Å². The largest absolute Gasteiger partial charge is 0.480 e. The van der Waals surface area contributed by atoms with Crippen LogP contribution in [0.4, 0.5) is 4.39 Å². The van der Waals surface area contributed by atoms with Crippen molar-refractivity contribution in [3.05, 3.63) is 64.7 Å². The Morgan fingerprint density at radius 2 is 2.00 bits per heavy atom. The predicted molar refractivity (Wildman–Crippen MR) is 111 cm³/mol. The summed E-state index contributed by atoms with van der Waals surface area (Å²) in [4.78, 5) is 17.3. The fourth-order valence-corrected chi connectivity index (χ4v) is 4.66. The van der Waals surface area contributed by atoms with E-state index in [4.69, 9.17) is 16.1 Å². The lowest BCUT2D eigenvalue weighted by Gasteiger charge is -2.35. The Labute approximate surface area is 176 Å². The molecule has 5 rings (SSSR count). The molecule has 1 fully saturated rings. The summed E-state index contributed by atoms with van der Waals surface area (Å²) in [6, 6.07) is 9.11. The number of carbonyl (C=O) groups is 1. The third-order valence-electron chi connectivity index (χ3n) is 5.95. The first-order valence-corrected chi connectivity index (χ1v) is 10.2. The van der Waals surface area contributed by atoms with Crippen molar-refractivity contribution in [2.45, 2.75) is 24.8 Å². The molecule has 0 unspecified atom stereocenters. The lowest BCUT2D eigenvalue weighted by atomic mass is 9.90. The van der Waals surface area contributed by atoms with Crippen LogP contribution in [0.5, 0.6) is 0 Å². The van der Waals surface area contributed by atoms with Gasteiger partial charge in [-0.25, -0.2) is 4.39 Å². The zero-order valence-electron chi connectivity index (χ0n) is 15.9. The fraction of sp³-hybridized carbons (Fsp3) is 0.273. The second kappa shape index (κ2) is 7.41. The third-order valence-corrected chi connectivity index (χ3v) is 6.18. The molecule has 8 heteroatoms. The minimum Gasteiger partial charge on any atom is -0.480 e. The first-order chi connectivity index (χ1) is 14.5. The van der Waals surface area contributed by atoms with E-state index in [0.29, 0.717) is 23.7 Å². The van der Waals surface area contributed by atoms with E-state index in [2.05, 4.69) is 10.1 Å². The van der Waals surface area contributed by atoms with Crippen molar-refractivity contribution >= 4 is 39.4 Å². The maximum absolute atomic E-state index is 13.4. The Kier molecular flexibility index (Phi) is 4.72. The molecule has 0 saturated carbocycles. The summed E-state index contributed by atoms with van der Waals surface area (Å²) >= 11 is 6.05. The van der Waals surface area contributed by atoms with Crippen LogP contribution in [0.2, 0.25) is 5.02 Å². The van der Waals surface area contributed by atoms with Crippen LogP contribution in [-0.4, -0.2) is 39.2 Å². The number of benzene rings is 2. The number of likely N-dealkylation sites (tertiary alicyclic amines) is 1. The van der Waals surface area contributed by atoms with Gasteiger partial charge < -0.3 is 14.6 Å². The van der Waals surface area contributed by atoms with Crippen LogP contribution in [0, 0.1) is 5.82 Å². The molecule has 3 heterocycles. The van der Waals surface area contributed by atoms with E-state index in [1.165, 1.54) is 12.1 Å². The lowest BCUT2D eigenvalue weighted by molar-refractivity contribution is -0.144. The van der Waals surface area contributed by atoms with Crippen LogP contribution < -0.4 is 0 Å². The highest BCUT2D eigenvalue weighted by molar-refractivity contribution is 6.31. The van der Waals surface area contributed by atoms with Gasteiger partial charge in [0.05, 0.1) is 5.69 Å². The van der Waals surface area contributed by atoms with E-state index in [9.17, 15) is 14.3 Å². The number of fused-ring (bicyclic) bond motifs is 2. The zero-order chi connectivity index (χ0) is 20.8. The van der Waals surface area contributed by atoms with Crippen molar-refractivity contribution < 1.29 is 18.8 Å². The van der Waals surface area contributed by atoms with Gasteiger partial charge in [-0.15, -0.1) is 0 Å². The number of rotatable bonds is 4. The number of piperidine rings is 1. The van der Waals surface area contributed by atoms with E-state index in [0.717, 1.165) is 40.4 Å². The van der Waals surface area contributed by atoms with Crippen molar-refractivity contribution in [2.75, 3.05) is 13.1 Å². The lowest BCUT2D eigenvalue weighted by Crippen LogP contribution is -2.39. The number of carboxylic acid groups (broad SMARTS) is 1. The Bertz CT molecular complexity index is 1240. The van der Waals surface area contributed by atoms with Crippen LogP contribution in [0.15, 0.2) is 47.1 Å². The van der Waals surface area contributed by atoms with E-state index < -0.39 is 12.0 Å². The molecule has 1 saturated heterocycles. The summed E-state index contributed by atoms with van der Waals surface area (Å²) in [5.74, 6) is -1.10. The van der Waals surface area contributed by atoms with Gasteiger partial charge in [0.1, 0.15) is 11.9 Å². The van der Waals surface area contributed by atoms with Crippen molar-refractivity contribution in [3.63, 3.8) is 0 Å². The van der Waals surface area contributed by atoms with Gasteiger partial charge in [-0.1, -0.05) is 22.8 Å². The summed E-state index contributed by atoms with van der Waals surface area (Å²) in [7, 11) is 0. The van der Waals surface area contributed by atoms with Gasteiger partial charge in [-0.05, 0) is 50.2 Å². The first kappa shape index (κ1) is 19.1. The monoisotopic (exact) mass is 427 g/mol. The number of hydrogen-bond acceptors (Lipinski definition) is 4. The predicted octanol–water partition coefficient (Wildman–Crippen LogP) is 5.11. The highest BCUT2D eigenvalue weighted by Crippen LogP contribution is 2.37. The van der Waals surface area contributed by atoms with Crippen molar-refractivity contribution in [1.82, 2.24) is 15.0 Å². The van der Waals surface area contributed by atoms with Crippen LogP contribution >= 0.6 is 11.6 Å². The van der Waals surface area contributed by atoms with Gasteiger partial charge in [0.25, 0.3) is 0 Å². The maximum atomic E-state index is 13.4. The average molecular weight is 428 g/mol. The van der Waals surface area contributed by atoms with Gasteiger partial charge in [0.2, 0.25) is 0 Å². The number of halogens is 2. The van der Waals surface area contributed by atoms with E-state index in [-0.39, 0.29) is 11.7 Å². The number of nitrogens with one attached hydrogen (secondary N) is 1. The Morgan fingerprint density at radius 3 is 2.77 bits per heavy atom. The van der Waals surface area contributed by atoms with Crippen molar-refractivity contribution in [1.29, 1.82) is 0 Å². The molecule has 154 valence electrons. The number of aromatic amines is 1. The zero-order valence-corrected chi connectivity index (χ0v) is 16.7. The second-order valence-electron chi connectivity index (χ2n) is 7.69. The summed E-state index contributed by atoms with van der Waals surface area (Å²) < 4.78 is 18.7. The van der Waals surface area contributed by atoms with Crippen LogP contribution in [0.1, 0.15) is 36.1 Å². The summed E-state index contributed by atoms with van der Waals surface area (Å²) in [6.07, 6.45) is 3.25. The molecule has 4 aromatic rings. The molecule has 2 N–H and O–H groups in total. The molecule has 0 spiro atoms. The molecule has 2 aromatic carbocycles. The van der Waals surface area contributed by atoms with Gasteiger partial charge in [0.15, 0.2) is 5.58 Å². The molecule has 0 bridgehead atoms. The van der Waals surface area contributed by atoms with Gasteiger partial charge in [-0.3, -0.25) is 9.69 Å². The number of nitrogens with zero attached hydrogens (tertiary/aromatic N) is 2. The minimum atomic E-state index is -0.883. The molecular formula is C22H19ClFN3O3. The van der Waals surface area contributed by atoms with Crippen LogP contribution in [0.25, 0.3) is 21.9 Å². The SMILES string of the molecule is O=C(O)[C@H](c1c[nH]c2cc(Cl)ccc12)N1CCC(c2noc3cc(F)ccc23)CC1. The highest BCUT2D eigenvalue weighted by Gasteiger charge is 2.34. The molecule has 1 aliphatic heterocycles. The smallest absolute Gasteiger partial charge is 0.325 e. The van der Waals surface area contributed by atoms with E-state index in [1.54, 1.807) is 24.4 Å². The Balaban J connectivity index is 1.39. The average Bonchev–Trinajstić information content (AvgIpc) is 3.32. The summed E-state index contributed by atoms with van der Waals surface area (Å²) in [5.41, 5.74) is 2.81. The third kappa shape index (κ3) is 3.24. The Morgan fingerprint density at radius 1 is 1.23 bits per heavy atom. The number of carboxylic acids is 1. The van der Waals surface area contributed by atoms with Crippen molar-refractivity contribution in [3.8, 4) is 0 Å². The van der Waals surface area contributed by atoms with Crippen LogP contribution in [0.3, 0.4) is 0 Å². The molecule has 1 atom stereocenters. The normalized spacial score (nSPS) is 17.0. The molecular weight excluding hydrogens is 409 g/mol. The van der Waals surface area contributed by atoms with E-state index >= 15 is 0 Å². The molecule has 2 aromatic heterocycles. The molecule has 0 radical (unpaired) electrons. The molecule has 6 nitrogen and oxygen atoms in total. The quantitative estimate of drug-likeness (QED) is 0.473. The summed E-state index contributed by atoms with van der Waals surface area (Å²) in [5, 5.41) is 16.4. The highest BCUT2D eigenvalue weighted by atomic mass is 35.5. The number of aromatic nitrogens is 2. The molecule has 0 aliphatic carbocycles.